The van der Waals surface area contributed by atoms with E-state index in [0.717, 1.165) is 16.5 Å². The first-order valence-corrected chi connectivity index (χ1v) is 7.12. The number of amides is 1. The minimum Gasteiger partial charge on any atom is -0.291 e. The molecule has 2 aromatic heterocycles. The number of carbonyl (C=O) groups excluding carboxylic acids is 1. The molecule has 2 heterocycles. The van der Waals surface area contributed by atoms with Crippen LogP contribution in [0, 0.1) is 0 Å². The number of hydrogen-bond acceptors (Lipinski definition) is 4. The lowest BCUT2D eigenvalue weighted by Gasteiger charge is -2.14. The third kappa shape index (κ3) is 2.40. The maximum atomic E-state index is 12.3. The maximum absolute atomic E-state index is 12.3. The number of fused-ring (bicyclic) bond motifs is 1. The Morgan fingerprint density at radius 3 is 2.85 bits per heavy atom. The predicted molar refractivity (Wildman–Crippen MR) is 81.0 cm³/mol. The first-order chi connectivity index (χ1) is 9.75. The Hall–Kier alpha value is -2.27. The Morgan fingerprint density at radius 2 is 2.05 bits per heavy atom. The Kier molecular flexibility index (Phi) is 3.43. The quantitative estimate of drug-likeness (QED) is 0.742. The summed E-state index contributed by atoms with van der Waals surface area (Å²) in [6.45, 7) is 0. The third-order valence-corrected chi connectivity index (χ3v) is 3.99. The molecule has 1 amide bonds. The van der Waals surface area contributed by atoms with E-state index in [1.54, 1.807) is 24.3 Å². The Labute approximate surface area is 120 Å². The van der Waals surface area contributed by atoms with Gasteiger partial charge in [0.05, 0.1) is 11.9 Å². The molecule has 0 saturated heterocycles. The molecule has 0 fully saturated rings. The van der Waals surface area contributed by atoms with Gasteiger partial charge in [-0.3, -0.25) is 14.7 Å². The minimum atomic E-state index is 0.0121. The Bertz CT molecular complexity index is 734. The molecule has 0 aliphatic heterocycles. The van der Waals surface area contributed by atoms with E-state index >= 15 is 0 Å². The summed E-state index contributed by atoms with van der Waals surface area (Å²) in [4.78, 5) is 22.4. The summed E-state index contributed by atoms with van der Waals surface area (Å²) < 4.78 is 0. The predicted octanol–water partition coefficient (Wildman–Crippen LogP) is 2.90. The molecule has 100 valence electrons. The number of thiazole rings is 1. The van der Waals surface area contributed by atoms with Gasteiger partial charge in [0.25, 0.3) is 0 Å². The van der Waals surface area contributed by atoms with Crippen molar-refractivity contribution in [3.63, 3.8) is 0 Å². The second kappa shape index (κ2) is 5.38. The molecule has 0 unspecified atom stereocenters. The van der Waals surface area contributed by atoms with Crippen LogP contribution in [-0.4, -0.2) is 22.9 Å². The van der Waals surface area contributed by atoms with E-state index in [0.29, 0.717) is 11.6 Å². The van der Waals surface area contributed by atoms with E-state index in [-0.39, 0.29) is 5.91 Å². The molecule has 0 N–H and O–H groups in total. The molecule has 0 spiro atoms. The summed E-state index contributed by atoms with van der Waals surface area (Å²) in [5.74, 6) is 0.0121. The summed E-state index contributed by atoms with van der Waals surface area (Å²) in [7, 11) is 1.75. The van der Waals surface area contributed by atoms with E-state index < -0.39 is 0 Å². The van der Waals surface area contributed by atoms with Gasteiger partial charge in [-0.1, -0.05) is 24.3 Å². The SMILES string of the molecule is CN(C(=O)Cc1cccc2cccnc12)c1nccs1. The van der Waals surface area contributed by atoms with Crippen LogP contribution in [0.1, 0.15) is 5.56 Å². The van der Waals surface area contributed by atoms with Gasteiger partial charge in [-0.05, 0) is 11.6 Å². The number of nitrogens with zero attached hydrogens (tertiary/aromatic N) is 3. The highest BCUT2D eigenvalue weighted by molar-refractivity contribution is 7.13. The number of pyridine rings is 1. The fourth-order valence-corrected chi connectivity index (χ4v) is 2.70. The van der Waals surface area contributed by atoms with Crippen LogP contribution in [0.15, 0.2) is 48.1 Å². The van der Waals surface area contributed by atoms with E-state index in [1.807, 2.05) is 35.7 Å². The number of aromatic nitrogens is 2. The highest BCUT2D eigenvalue weighted by atomic mass is 32.1. The molecule has 0 bridgehead atoms. The second-order valence-corrected chi connectivity index (χ2v) is 5.31. The van der Waals surface area contributed by atoms with Crippen LogP contribution in [0.2, 0.25) is 0 Å². The molecule has 0 aliphatic rings. The van der Waals surface area contributed by atoms with E-state index in [1.165, 1.54) is 11.3 Å². The molecule has 4 nitrogen and oxygen atoms in total. The summed E-state index contributed by atoms with van der Waals surface area (Å²) in [6, 6.07) is 9.80. The van der Waals surface area contributed by atoms with Crippen molar-refractivity contribution < 1.29 is 4.79 Å². The molecule has 0 aliphatic carbocycles. The number of hydrogen-bond donors (Lipinski definition) is 0. The van der Waals surface area contributed by atoms with Crippen LogP contribution in [0.25, 0.3) is 10.9 Å². The van der Waals surface area contributed by atoms with Crippen molar-refractivity contribution in [3.05, 3.63) is 53.7 Å². The summed E-state index contributed by atoms with van der Waals surface area (Å²) in [6.07, 6.45) is 3.77. The van der Waals surface area contributed by atoms with Gasteiger partial charge in [0.2, 0.25) is 5.91 Å². The van der Waals surface area contributed by atoms with Gasteiger partial charge in [0.1, 0.15) is 0 Å². The molecule has 1 aromatic carbocycles. The second-order valence-electron chi connectivity index (χ2n) is 4.44. The molecule has 3 aromatic rings. The average molecular weight is 283 g/mol. The maximum Gasteiger partial charge on any atom is 0.233 e. The van der Waals surface area contributed by atoms with Crippen molar-refractivity contribution in [2.75, 3.05) is 11.9 Å². The van der Waals surface area contributed by atoms with Crippen molar-refractivity contribution in [2.45, 2.75) is 6.42 Å². The normalized spacial score (nSPS) is 10.7. The molecule has 0 atom stereocenters. The lowest BCUT2D eigenvalue weighted by Crippen LogP contribution is -2.27. The van der Waals surface area contributed by atoms with Crippen LogP contribution in [-0.2, 0) is 11.2 Å². The van der Waals surface area contributed by atoms with E-state index in [9.17, 15) is 4.79 Å². The number of para-hydroxylation sites is 1. The van der Waals surface area contributed by atoms with Crippen molar-refractivity contribution in [1.82, 2.24) is 9.97 Å². The molecule has 0 radical (unpaired) electrons. The summed E-state index contributed by atoms with van der Waals surface area (Å²) in [5, 5.41) is 3.62. The molecule has 20 heavy (non-hydrogen) atoms. The van der Waals surface area contributed by atoms with Crippen LogP contribution in [0.4, 0.5) is 5.13 Å². The molecule has 5 heteroatoms. The monoisotopic (exact) mass is 283 g/mol. The number of rotatable bonds is 3. The van der Waals surface area contributed by atoms with Crippen molar-refractivity contribution in [2.24, 2.45) is 0 Å². The van der Waals surface area contributed by atoms with E-state index in [4.69, 9.17) is 0 Å². The number of anilines is 1. The average Bonchev–Trinajstić information content (AvgIpc) is 3.01. The topological polar surface area (TPSA) is 46.1 Å². The zero-order chi connectivity index (χ0) is 13.9. The van der Waals surface area contributed by atoms with Crippen molar-refractivity contribution in [3.8, 4) is 0 Å². The van der Waals surface area contributed by atoms with Crippen LogP contribution >= 0.6 is 11.3 Å². The summed E-state index contributed by atoms with van der Waals surface area (Å²) in [5.41, 5.74) is 1.83. The van der Waals surface area contributed by atoms with E-state index in [2.05, 4.69) is 9.97 Å². The molecular weight excluding hydrogens is 270 g/mol. The smallest absolute Gasteiger partial charge is 0.233 e. The number of likely N-dealkylation sites (N-methyl/N-ethyl adjacent to an activating group) is 1. The number of carbonyl (C=O) groups is 1. The standard InChI is InChI=1S/C15H13N3OS/c1-18(15-17-8-9-20-15)13(19)10-12-5-2-4-11-6-3-7-16-14(11)12/h2-9H,10H2,1H3. The largest absolute Gasteiger partial charge is 0.291 e. The van der Waals surface area contributed by atoms with Gasteiger partial charge in [-0.15, -0.1) is 11.3 Å². The lowest BCUT2D eigenvalue weighted by atomic mass is 10.1. The fraction of sp³-hybridized carbons (Fsp3) is 0.133. The molecule has 3 rings (SSSR count). The van der Waals surface area contributed by atoms with Crippen molar-refractivity contribution >= 4 is 33.3 Å². The van der Waals surface area contributed by atoms with Crippen LogP contribution in [0.3, 0.4) is 0 Å². The van der Waals surface area contributed by atoms with Gasteiger partial charge in [-0.2, -0.15) is 0 Å². The van der Waals surface area contributed by atoms with Gasteiger partial charge in [-0.25, -0.2) is 4.98 Å². The lowest BCUT2D eigenvalue weighted by molar-refractivity contribution is -0.117. The zero-order valence-electron chi connectivity index (χ0n) is 11.0. The Morgan fingerprint density at radius 1 is 1.20 bits per heavy atom. The highest BCUT2D eigenvalue weighted by Crippen LogP contribution is 2.20. The highest BCUT2D eigenvalue weighted by Gasteiger charge is 2.15. The van der Waals surface area contributed by atoms with Crippen LogP contribution in [0.5, 0.6) is 0 Å². The Balaban J connectivity index is 1.88. The van der Waals surface area contributed by atoms with Gasteiger partial charge < -0.3 is 0 Å². The fourth-order valence-electron chi connectivity index (χ4n) is 2.08. The molecular formula is C15H13N3OS. The van der Waals surface area contributed by atoms with Crippen molar-refractivity contribution in [1.29, 1.82) is 0 Å². The first-order valence-electron chi connectivity index (χ1n) is 6.24. The van der Waals surface area contributed by atoms with Gasteiger partial charge in [0, 0.05) is 30.2 Å². The zero-order valence-corrected chi connectivity index (χ0v) is 11.8. The minimum absolute atomic E-state index is 0.0121. The number of benzene rings is 1. The first kappa shape index (κ1) is 12.7. The van der Waals surface area contributed by atoms with Crippen LogP contribution < -0.4 is 4.90 Å². The summed E-state index contributed by atoms with van der Waals surface area (Å²) >= 11 is 1.45. The van der Waals surface area contributed by atoms with Gasteiger partial charge in [0.15, 0.2) is 5.13 Å². The molecule has 0 saturated carbocycles. The third-order valence-electron chi connectivity index (χ3n) is 3.14. The van der Waals surface area contributed by atoms with Gasteiger partial charge >= 0.3 is 0 Å².